The Bertz CT molecular complexity index is 436. The van der Waals surface area contributed by atoms with E-state index < -0.39 is 5.54 Å². The van der Waals surface area contributed by atoms with Crippen molar-refractivity contribution in [2.24, 2.45) is 5.73 Å². The highest BCUT2D eigenvalue weighted by Crippen LogP contribution is 2.29. The van der Waals surface area contributed by atoms with Crippen LogP contribution in [0.1, 0.15) is 31.2 Å². The number of ether oxygens (including phenoxy) is 1. The van der Waals surface area contributed by atoms with E-state index in [9.17, 15) is 4.79 Å². The number of methoxy groups -OCH3 is 1. The van der Waals surface area contributed by atoms with Gasteiger partial charge in [-0.05, 0) is 30.5 Å². The van der Waals surface area contributed by atoms with Crippen molar-refractivity contribution in [3.8, 4) is 5.75 Å². The second-order valence-corrected chi connectivity index (χ2v) is 5.37. The van der Waals surface area contributed by atoms with Crippen molar-refractivity contribution < 1.29 is 9.53 Å². The van der Waals surface area contributed by atoms with Gasteiger partial charge in [0.05, 0.1) is 12.6 Å². The first-order valence-electron chi connectivity index (χ1n) is 6.72. The highest BCUT2D eigenvalue weighted by Gasteiger charge is 2.38. The monoisotopic (exact) mass is 262 g/mol. The third-order valence-corrected chi connectivity index (χ3v) is 3.85. The molecule has 19 heavy (non-hydrogen) atoms. The summed E-state index contributed by atoms with van der Waals surface area (Å²) in [4.78, 5) is 14.1. The number of nitrogens with two attached hydrogens (primary N) is 1. The van der Waals surface area contributed by atoms with Crippen LogP contribution in [0.4, 0.5) is 0 Å². The molecule has 0 saturated heterocycles. The topological polar surface area (TPSA) is 55.6 Å². The van der Waals surface area contributed by atoms with Gasteiger partial charge in [-0.15, -0.1) is 0 Å². The van der Waals surface area contributed by atoms with Crippen molar-refractivity contribution in [1.29, 1.82) is 0 Å². The molecule has 2 N–H and O–H groups in total. The van der Waals surface area contributed by atoms with Crippen LogP contribution in [0.2, 0.25) is 0 Å². The van der Waals surface area contributed by atoms with E-state index in [-0.39, 0.29) is 5.91 Å². The minimum atomic E-state index is -0.638. The van der Waals surface area contributed by atoms with Crippen LogP contribution < -0.4 is 10.5 Å². The highest BCUT2D eigenvalue weighted by molar-refractivity contribution is 5.86. The van der Waals surface area contributed by atoms with Gasteiger partial charge in [0.15, 0.2) is 0 Å². The zero-order valence-electron chi connectivity index (χ0n) is 11.7. The van der Waals surface area contributed by atoms with Gasteiger partial charge in [0.2, 0.25) is 5.91 Å². The molecule has 1 fully saturated rings. The molecule has 1 aliphatic rings. The number of carbonyl (C=O) groups is 1. The van der Waals surface area contributed by atoms with Crippen molar-refractivity contribution in [2.75, 3.05) is 14.2 Å². The standard InChI is InChI=1S/C15H22N2O2/c1-17(14(18)15(16)9-3-4-10-15)11-12-5-7-13(19-2)8-6-12/h5-8H,3-4,9-11,16H2,1-2H3. The number of benzene rings is 1. The molecule has 1 aromatic carbocycles. The quantitative estimate of drug-likeness (QED) is 0.902. The maximum Gasteiger partial charge on any atom is 0.242 e. The molecule has 4 nitrogen and oxygen atoms in total. The lowest BCUT2D eigenvalue weighted by molar-refractivity contribution is -0.136. The van der Waals surface area contributed by atoms with Crippen LogP contribution in [-0.2, 0) is 11.3 Å². The van der Waals surface area contributed by atoms with E-state index >= 15 is 0 Å². The second-order valence-electron chi connectivity index (χ2n) is 5.37. The SMILES string of the molecule is COc1ccc(CN(C)C(=O)C2(N)CCCC2)cc1. The summed E-state index contributed by atoms with van der Waals surface area (Å²) in [6.07, 6.45) is 3.72. The second kappa shape index (κ2) is 5.61. The number of amides is 1. The van der Waals surface area contributed by atoms with Crippen LogP contribution in [0.25, 0.3) is 0 Å². The van der Waals surface area contributed by atoms with Crippen LogP contribution in [0.15, 0.2) is 24.3 Å². The number of nitrogens with zero attached hydrogens (tertiary/aromatic N) is 1. The van der Waals surface area contributed by atoms with Crippen LogP contribution in [0.3, 0.4) is 0 Å². The van der Waals surface area contributed by atoms with Crippen molar-refractivity contribution in [2.45, 2.75) is 37.8 Å². The predicted octanol–water partition coefficient (Wildman–Crippen LogP) is 1.93. The van der Waals surface area contributed by atoms with E-state index in [2.05, 4.69) is 0 Å². The molecule has 1 amide bonds. The van der Waals surface area contributed by atoms with Gasteiger partial charge in [0.1, 0.15) is 5.75 Å². The number of hydrogen-bond acceptors (Lipinski definition) is 3. The minimum absolute atomic E-state index is 0.0563. The summed E-state index contributed by atoms with van der Waals surface area (Å²) in [5.74, 6) is 0.879. The first-order chi connectivity index (χ1) is 9.05. The number of hydrogen-bond donors (Lipinski definition) is 1. The molecule has 0 radical (unpaired) electrons. The van der Waals surface area contributed by atoms with E-state index in [1.807, 2.05) is 31.3 Å². The summed E-state index contributed by atoms with van der Waals surface area (Å²) in [6.45, 7) is 0.585. The maximum absolute atomic E-state index is 12.4. The Hall–Kier alpha value is -1.55. The summed E-state index contributed by atoms with van der Waals surface area (Å²) in [7, 11) is 3.46. The van der Waals surface area contributed by atoms with Crippen molar-refractivity contribution in [3.05, 3.63) is 29.8 Å². The van der Waals surface area contributed by atoms with Crippen LogP contribution in [-0.4, -0.2) is 30.5 Å². The summed E-state index contributed by atoms with van der Waals surface area (Å²) in [6, 6.07) is 7.75. The fourth-order valence-electron chi connectivity index (χ4n) is 2.68. The van der Waals surface area contributed by atoms with E-state index in [1.165, 1.54) is 0 Å². The molecular formula is C15H22N2O2. The lowest BCUT2D eigenvalue weighted by Crippen LogP contribution is -2.52. The third-order valence-electron chi connectivity index (χ3n) is 3.85. The van der Waals surface area contributed by atoms with Crippen molar-refractivity contribution in [3.63, 3.8) is 0 Å². The van der Waals surface area contributed by atoms with Crippen molar-refractivity contribution >= 4 is 5.91 Å². The highest BCUT2D eigenvalue weighted by atomic mass is 16.5. The molecular weight excluding hydrogens is 240 g/mol. The number of carbonyl (C=O) groups excluding carboxylic acids is 1. The van der Waals surface area contributed by atoms with Gasteiger partial charge in [0.25, 0.3) is 0 Å². The van der Waals surface area contributed by atoms with Gasteiger partial charge in [-0.2, -0.15) is 0 Å². The number of rotatable bonds is 4. The minimum Gasteiger partial charge on any atom is -0.497 e. The van der Waals surface area contributed by atoms with Gasteiger partial charge in [-0.1, -0.05) is 25.0 Å². The summed E-state index contributed by atoms with van der Waals surface area (Å²) >= 11 is 0. The zero-order valence-corrected chi connectivity index (χ0v) is 11.7. The molecule has 104 valence electrons. The summed E-state index contributed by atoms with van der Waals surface area (Å²) < 4.78 is 5.12. The fraction of sp³-hybridized carbons (Fsp3) is 0.533. The van der Waals surface area contributed by atoms with Gasteiger partial charge in [-0.25, -0.2) is 0 Å². The summed E-state index contributed by atoms with van der Waals surface area (Å²) in [5, 5.41) is 0. The van der Waals surface area contributed by atoms with Crippen LogP contribution in [0.5, 0.6) is 5.75 Å². The molecule has 2 rings (SSSR count). The van der Waals surface area contributed by atoms with Crippen molar-refractivity contribution in [1.82, 2.24) is 4.90 Å². The van der Waals surface area contributed by atoms with E-state index in [4.69, 9.17) is 10.5 Å². The molecule has 1 saturated carbocycles. The number of likely N-dealkylation sites (N-methyl/N-ethyl adjacent to an activating group) is 1. The van der Waals surface area contributed by atoms with Crippen LogP contribution in [0, 0.1) is 0 Å². The summed E-state index contributed by atoms with van der Waals surface area (Å²) in [5.41, 5.74) is 6.64. The molecule has 1 aromatic rings. The molecule has 0 aromatic heterocycles. The molecule has 0 spiro atoms. The lowest BCUT2D eigenvalue weighted by Gasteiger charge is -2.28. The van der Waals surface area contributed by atoms with E-state index in [0.29, 0.717) is 6.54 Å². The Morgan fingerprint density at radius 1 is 1.32 bits per heavy atom. The third kappa shape index (κ3) is 3.07. The zero-order chi connectivity index (χ0) is 13.9. The van der Waals surface area contributed by atoms with Crippen LogP contribution >= 0.6 is 0 Å². The smallest absolute Gasteiger partial charge is 0.242 e. The van der Waals surface area contributed by atoms with Gasteiger partial charge >= 0.3 is 0 Å². The molecule has 0 heterocycles. The first kappa shape index (κ1) is 13.9. The van der Waals surface area contributed by atoms with Gasteiger partial charge in [-0.3, -0.25) is 4.79 Å². The fourth-order valence-corrected chi connectivity index (χ4v) is 2.68. The Kier molecular flexibility index (Phi) is 4.10. The maximum atomic E-state index is 12.4. The average Bonchev–Trinajstić information content (AvgIpc) is 2.87. The molecule has 0 bridgehead atoms. The normalized spacial score (nSPS) is 17.2. The average molecular weight is 262 g/mol. The van der Waals surface area contributed by atoms with Gasteiger partial charge in [0, 0.05) is 13.6 Å². The lowest BCUT2D eigenvalue weighted by atomic mass is 9.97. The molecule has 4 heteroatoms. The molecule has 1 aliphatic carbocycles. The largest absolute Gasteiger partial charge is 0.497 e. The van der Waals surface area contributed by atoms with E-state index in [1.54, 1.807) is 12.0 Å². The Morgan fingerprint density at radius 3 is 2.42 bits per heavy atom. The Labute approximate surface area is 114 Å². The molecule has 0 unspecified atom stereocenters. The van der Waals surface area contributed by atoms with Gasteiger partial charge < -0.3 is 15.4 Å². The Balaban J connectivity index is 1.99. The molecule has 0 aliphatic heterocycles. The Morgan fingerprint density at radius 2 is 1.89 bits per heavy atom. The van der Waals surface area contributed by atoms with E-state index in [0.717, 1.165) is 37.0 Å². The first-order valence-corrected chi connectivity index (χ1v) is 6.72. The predicted molar refractivity (Wildman–Crippen MR) is 74.9 cm³/mol. The molecule has 0 atom stereocenters.